The van der Waals surface area contributed by atoms with E-state index in [0.29, 0.717) is 12.2 Å². The number of aromatic nitrogens is 1. The number of imide groups is 1. The van der Waals surface area contributed by atoms with Gasteiger partial charge in [-0.1, -0.05) is 37.0 Å². The van der Waals surface area contributed by atoms with E-state index in [1.54, 1.807) is 75.6 Å². The van der Waals surface area contributed by atoms with Crippen LogP contribution < -0.4 is 10.1 Å². The van der Waals surface area contributed by atoms with Gasteiger partial charge in [-0.05, 0) is 42.8 Å². The molecule has 1 aliphatic rings. The molecule has 196 valence electrons. The van der Waals surface area contributed by atoms with E-state index in [2.05, 4.69) is 22.1 Å². The van der Waals surface area contributed by atoms with Crippen LogP contribution in [0.1, 0.15) is 41.8 Å². The summed E-state index contributed by atoms with van der Waals surface area (Å²) in [7, 11) is 3.03. The lowest BCUT2D eigenvalue weighted by atomic mass is 10.1. The molecule has 4 rings (SSSR count). The number of aromatic hydroxyl groups is 1. The molecule has 2 heterocycles. The van der Waals surface area contributed by atoms with Gasteiger partial charge in [-0.25, -0.2) is 4.39 Å². The minimum atomic E-state index is -0.583. The Morgan fingerprint density at radius 1 is 1.21 bits per heavy atom. The molecule has 0 fully saturated rings. The predicted molar refractivity (Wildman–Crippen MR) is 140 cm³/mol. The monoisotopic (exact) mass is 517 g/mol. The maximum absolute atomic E-state index is 13.6. The first-order chi connectivity index (χ1) is 18.2. The van der Waals surface area contributed by atoms with Gasteiger partial charge in [0, 0.05) is 37.3 Å². The van der Waals surface area contributed by atoms with Crippen LogP contribution in [0.2, 0.25) is 0 Å². The number of nitrogens with one attached hydrogen (secondary N) is 1. The molecule has 1 aliphatic heterocycles. The van der Waals surface area contributed by atoms with E-state index in [1.807, 2.05) is 0 Å². The highest BCUT2D eigenvalue weighted by molar-refractivity contribution is 5.99. The van der Waals surface area contributed by atoms with Crippen molar-refractivity contribution in [2.24, 2.45) is 5.92 Å². The average molecular weight is 518 g/mol. The number of benzene rings is 2. The quantitative estimate of drug-likeness (QED) is 0.508. The van der Waals surface area contributed by atoms with Crippen molar-refractivity contribution in [1.29, 1.82) is 0 Å². The highest BCUT2D eigenvalue weighted by Crippen LogP contribution is 2.30. The normalized spacial score (nSPS) is 12.3. The third kappa shape index (κ3) is 6.53. The number of hydrogen-bond acceptors (Lipinski definition) is 6. The highest BCUT2D eigenvalue weighted by atomic mass is 19.1. The second-order valence-electron chi connectivity index (χ2n) is 8.48. The third-order valence-corrected chi connectivity index (χ3v) is 5.74. The van der Waals surface area contributed by atoms with Crippen LogP contribution in [0.25, 0.3) is 11.3 Å². The Balaban J connectivity index is 0.000000241. The van der Waals surface area contributed by atoms with E-state index in [-0.39, 0.29) is 35.3 Å². The summed E-state index contributed by atoms with van der Waals surface area (Å²) in [6, 6.07) is 13.7. The first kappa shape index (κ1) is 27.9. The molecule has 1 aromatic heterocycles. The zero-order valence-electron chi connectivity index (χ0n) is 21.5. The number of fused-ring (bicyclic) bond motifs is 1. The molecule has 0 saturated heterocycles. The Morgan fingerprint density at radius 3 is 2.55 bits per heavy atom. The van der Waals surface area contributed by atoms with E-state index in [1.165, 1.54) is 12.0 Å². The summed E-state index contributed by atoms with van der Waals surface area (Å²) >= 11 is 0. The SMILES string of the molecule is CCC(=O)NC(=O)C(C)C#Cc1ccc(-c2ncccc2O)cc1.COc1ccc2c(c1F)C(=O)N(C)C2. The second-order valence-corrected chi connectivity index (χ2v) is 8.48. The lowest BCUT2D eigenvalue weighted by molar-refractivity contribution is -0.131. The maximum Gasteiger partial charge on any atom is 0.257 e. The fourth-order valence-corrected chi connectivity index (χ4v) is 3.56. The maximum atomic E-state index is 13.6. The summed E-state index contributed by atoms with van der Waals surface area (Å²) in [5.74, 6) is 3.82. The van der Waals surface area contributed by atoms with Crippen LogP contribution in [0, 0.1) is 23.6 Å². The number of pyridine rings is 1. The smallest absolute Gasteiger partial charge is 0.257 e. The van der Waals surface area contributed by atoms with Gasteiger partial charge in [0.25, 0.3) is 5.91 Å². The van der Waals surface area contributed by atoms with E-state index >= 15 is 0 Å². The molecule has 2 aromatic carbocycles. The molecule has 0 spiro atoms. The average Bonchev–Trinajstić information content (AvgIpc) is 3.22. The molecule has 38 heavy (non-hydrogen) atoms. The summed E-state index contributed by atoms with van der Waals surface area (Å²) in [6.45, 7) is 3.79. The van der Waals surface area contributed by atoms with Gasteiger partial charge in [-0.2, -0.15) is 0 Å². The Hall–Kier alpha value is -4.71. The number of amides is 3. The predicted octanol–water partition coefficient (Wildman–Crippen LogP) is 3.91. The van der Waals surface area contributed by atoms with Crippen LogP contribution in [0.3, 0.4) is 0 Å². The van der Waals surface area contributed by atoms with Crippen LogP contribution >= 0.6 is 0 Å². The van der Waals surface area contributed by atoms with Crippen molar-refractivity contribution in [1.82, 2.24) is 15.2 Å². The van der Waals surface area contributed by atoms with E-state index in [0.717, 1.165) is 16.7 Å². The van der Waals surface area contributed by atoms with Crippen molar-refractivity contribution in [3.05, 3.63) is 77.2 Å². The van der Waals surface area contributed by atoms with Crippen molar-refractivity contribution < 1.29 is 28.6 Å². The van der Waals surface area contributed by atoms with Gasteiger partial charge in [0.15, 0.2) is 11.6 Å². The molecule has 0 aliphatic carbocycles. The molecule has 0 radical (unpaired) electrons. The Kier molecular flexibility index (Phi) is 9.17. The van der Waals surface area contributed by atoms with Crippen LogP contribution in [0.5, 0.6) is 11.5 Å². The van der Waals surface area contributed by atoms with Crippen LogP contribution in [0.4, 0.5) is 4.39 Å². The van der Waals surface area contributed by atoms with Gasteiger partial charge in [0.05, 0.1) is 18.6 Å². The lowest BCUT2D eigenvalue weighted by Gasteiger charge is -2.05. The van der Waals surface area contributed by atoms with Gasteiger partial charge >= 0.3 is 0 Å². The van der Waals surface area contributed by atoms with Gasteiger partial charge in [0.2, 0.25) is 11.8 Å². The third-order valence-electron chi connectivity index (χ3n) is 5.74. The zero-order valence-corrected chi connectivity index (χ0v) is 21.5. The largest absolute Gasteiger partial charge is 0.506 e. The summed E-state index contributed by atoms with van der Waals surface area (Å²) in [6.07, 6.45) is 1.87. The highest BCUT2D eigenvalue weighted by Gasteiger charge is 2.29. The number of carbonyl (C=O) groups excluding carboxylic acids is 3. The van der Waals surface area contributed by atoms with Gasteiger partial charge in [-0.3, -0.25) is 24.7 Å². The standard InChI is InChI=1S/C19H18N2O3.C10H10FNO2/c1-3-17(23)21-19(24)13(2)6-7-14-8-10-15(11-9-14)18-16(22)5-4-12-20-18;1-12-5-6-3-4-7(14-2)9(11)8(6)10(12)13/h4-5,8-13,22H,3H2,1-2H3,(H,21,23,24);3-4H,5H2,1-2H3. The topological polar surface area (TPSA) is 109 Å². The fourth-order valence-electron chi connectivity index (χ4n) is 3.56. The summed E-state index contributed by atoms with van der Waals surface area (Å²) in [4.78, 5) is 40.1. The number of halogens is 1. The van der Waals surface area contributed by atoms with Gasteiger partial charge < -0.3 is 14.7 Å². The van der Waals surface area contributed by atoms with Crippen LogP contribution in [0.15, 0.2) is 54.7 Å². The van der Waals surface area contributed by atoms with E-state index in [4.69, 9.17) is 4.74 Å². The Bertz CT molecular complexity index is 1410. The van der Waals surface area contributed by atoms with Crippen molar-refractivity contribution in [3.8, 4) is 34.6 Å². The summed E-state index contributed by atoms with van der Waals surface area (Å²) < 4.78 is 18.4. The molecule has 2 N–H and O–H groups in total. The van der Waals surface area contributed by atoms with E-state index in [9.17, 15) is 23.9 Å². The van der Waals surface area contributed by atoms with E-state index < -0.39 is 17.6 Å². The molecule has 3 amide bonds. The molecular weight excluding hydrogens is 489 g/mol. The van der Waals surface area contributed by atoms with Crippen molar-refractivity contribution >= 4 is 17.7 Å². The molecular formula is C29H28FN3O5. The first-order valence-corrected chi connectivity index (χ1v) is 11.9. The minimum absolute atomic E-state index is 0.113. The molecule has 1 unspecified atom stereocenters. The van der Waals surface area contributed by atoms with Crippen molar-refractivity contribution in [3.63, 3.8) is 0 Å². The molecule has 9 heteroatoms. The van der Waals surface area contributed by atoms with Crippen molar-refractivity contribution in [2.75, 3.05) is 14.2 Å². The van der Waals surface area contributed by atoms with Gasteiger partial charge in [-0.15, -0.1) is 0 Å². The summed E-state index contributed by atoms with van der Waals surface area (Å²) in [5, 5.41) is 12.1. The first-order valence-electron chi connectivity index (χ1n) is 11.9. The van der Waals surface area contributed by atoms with Crippen molar-refractivity contribution in [2.45, 2.75) is 26.8 Å². The Labute approximate surface area is 220 Å². The second kappa shape index (κ2) is 12.5. The molecule has 8 nitrogen and oxygen atoms in total. The number of ether oxygens (including phenoxy) is 1. The number of hydrogen-bond donors (Lipinski definition) is 2. The number of methoxy groups -OCH3 is 1. The minimum Gasteiger partial charge on any atom is -0.506 e. The van der Waals surface area contributed by atoms with Crippen LogP contribution in [-0.4, -0.2) is 46.9 Å². The fraction of sp³-hybridized carbons (Fsp3) is 0.241. The summed E-state index contributed by atoms with van der Waals surface area (Å²) in [5.41, 5.74) is 2.87. The number of nitrogens with zero attached hydrogens (tertiary/aromatic N) is 2. The molecule has 0 saturated carbocycles. The molecule has 1 atom stereocenters. The molecule has 0 bridgehead atoms. The number of carbonyl (C=O) groups is 3. The molecule has 3 aromatic rings. The van der Waals surface area contributed by atoms with Gasteiger partial charge in [0.1, 0.15) is 11.4 Å². The lowest BCUT2D eigenvalue weighted by Crippen LogP contribution is -2.33. The number of rotatable bonds is 4. The van der Waals surface area contributed by atoms with Crippen LogP contribution in [-0.2, 0) is 16.1 Å². The zero-order chi connectivity index (χ0) is 27.8. The Morgan fingerprint density at radius 2 is 1.92 bits per heavy atom.